The lowest BCUT2D eigenvalue weighted by atomic mass is 9.33. The molecule has 4 aliphatic heterocycles. The number of fused-ring (bicyclic) bond motifs is 10. The summed E-state index contributed by atoms with van der Waals surface area (Å²) in [5.41, 5.74) is 18.8. The summed E-state index contributed by atoms with van der Waals surface area (Å²) in [5.74, 6) is 0. The van der Waals surface area contributed by atoms with Crippen molar-refractivity contribution in [3.8, 4) is 33.4 Å². The van der Waals surface area contributed by atoms with Gasteiger partial charge >= 0.3 is 0 Å². The van der Waals surface area contributed by atoms with Crippen LogP contribution in [-0.2, 0) is 0 Å². The highest BCUT2D eigenvalue weighted by Crippen LogP contribution is 2.47. The Morgan fingerprint density at radius 2 is 0.584 bits per heavy atom. The molecule has 12 aromatic carbocycles. The topological polar surface area (TPSA) is 6.48 Å². The van der Waals surface area contributed by atoms with Gasteiger partial charge in [0.2, 0.25) is 0 Å². The van der Waals surface area contributed by atoms with Gasteiger partial charge in [0.25, 0.3) is 6.71 Å². The Balaban J connectivity index is 0.976. The maximum Gasteiger partial charge on any atom is 0.252 e. The number of nitrogens with zero attached hydrogens (tertiary/aromatic N) is 2. The first-order chi connectivity index (χ1) is 38.2. The zero-order chi connectivity index (χ0) is 50.7. The SMILES string of the molecule is c1ccc(-c2cc3c4c(c2)N(c2ccc5c(c2)[Si](c2ccccc2)(c2ccccc2)c2ccccc2-5)c2ccccc2B4c2ccccc2N3c2ccc3c(c2)[Si](c2ccccc2)(c2ccccc2)c2ccccc2-3)cc1. The maximum absolute atomic E-state index is 2.82. The van der Waals surface area contributed by atoms with Gasteiger partial charge in [0.15, 0.2) is 16.1 Å². The fourth-order valence-electron chi connectivity index (χ4n) is 14.4. The van der Waals surface area contributed by atoms with Crippen LogP contribution in [0.4, 0.5) is 34.1 Å². The molecule has 4 aliphatic rings. The van der Waals surface area contributed by atoms with Gasteiger partial charge in [-0.2, -0.15) is 0 Å². The van der Waals surface area contributed by atoms with Crippen LogP contribution in [0.3, 0.4) is 0 Å². The zero-order valence-electron chi connectivity index (χ0n) is 42.3. The van der Waals surface area contributed by atoms with E-state index >= 15 is 0 Å². The number of rotatable bonds is 7. The molecule has 0 saturated carbocycles. The van der Waals surface area contributed by atoms with E-state index in [0.29, 0.717) is 0 Å². The van der Waals surface area contributed by atoms with Gasteiger partial charge in [0.05, 0.1) is 0 Å². The highest BCUT2D eigenvalue weighted by Gasteiger charge is 2.51. The molecular formula is C72H49BN2Si2. The average Bonchev–Trinajstić information content (AvgIpc) is 4.18. The predicted octanol–water partition coefficient (Wildman–Crippen LogP) is 10.2. The Hall–Kier alpha value is -9.26. The summed E-state index contributed by atoms with van der Waals surface area (Å²) < 4.78 is 0. The van der Waals surface area contributed by atoms with Gasteiger partial charge in [-0.1, -0.05) is 249 Å². The number of para-hydroxylation sites is 2. The molecule has 0 aromatic heterocycles. The van der Waals surface area contributed by atoms with Crippen molar-refractivity contribution in [1.29, 1.82) is 0 Å². The third-order valence-electron chi connectivity index (χ3n) is 17.4. The molecule has 0 spiro atoms. The van der Waals surface area contributed by atoms with Crippen LogP contribution < -0.4 is 67.7 Å². The molecule has 16 rings (SSSR count). The average molecular weight is 1010 g/mol. The number of benzene rings is 12. The number of hydrogen-bond donors (Lipinski definition) is 0. The van der Waals surface area contributed by atoms with Crippen LogP contribution in [-0.4, -0.2) is 22.9 Å². The predicted molar refractivity (Wildman–Crippen MR) is 331 cm³/mol. The fourth-order valence-corrected chi connectivity index (χ4v) is 24.8. The van der Waals surface area contributed by atoms with E-state index in [0.717, 1.165) is 0 Å². The first-order valence-electron chi connectivity index (χ1n) is 27.0. The van der Waals surface area contributed by atoms with Gasteiger partial charge in [0.1, 0.15) is 0 Å². The van der Waals surface area contributed by atoms with Crippen LogP contribution in [0.15, 0.2) is 297 Å². The van der Waals surface area contributed by atoms with E-state index in [1.54, 1.807) is 0 Å². The maximum atomic E-state index is 2.61. The Kier molecular flexibility index (Phi) is 9.81. The van der Waals surface area contributed by atoms with Crippen LogP contribution in [0, 0.1) is 0 Å². The van der Waals surface area contributed by atoms with Crippen LogP contribution in [0.2, 0.25) is 0 Å². The van der Waals surface area contributed by atoms with Gasteiger partial charge in [-0.25, -0.2) is 0 Å². The second kappa shape index (κ2) is 17.1. The summed E-state index contributed by atoms with van der Waals surface area (Å²) in [4.78, 5) is 5.23. The molecule has 0 radical (unpaired) electrons. The van der Waals surface area contributed by atoms with E-state index in [1.807, 2.05) is 0 Å². The third-order valence-corrected chi connectivity index (χ3v) is 27.1. The molecule has 0 bridgehead atoms. The lowest BCUT2D eigenvalue weighted by molar-refractivity contribution is 1.26. The summed E-state index contributed by atoms with van der Waals surface area (Å²) in [6, 6.07) is 113. The standard InChI is InChI=1S/C72H49BN2Si2/c1-6-24-50(25-7-1)51-46-66-72-67(47-51)75(53-43-45-61-59-35-17-23-41-69(59)77(71(61)49-53,56-30-12-4-13-31-56)57-32-14-5-15-33-57)65-39-21-19-37-63(65)73(72)62-36-18-20-38-64(62)74(66)52-42-44-60-58-34-16-22-40-68(58)76(70(60)48-52,54-26-8-2-9-27-54)55-28-10-3-11-29-55/h1-49H. The molecule has 0 amide bonds. The molecule has 2 nitrogen and oxygen atoms in total. The van der Waals surface area contributed by atoms with Crippen molar-refractivity contribution in [2.24, 2.45) is 0 Å². The van der Waals surface area contributed by atoms with Crippen LogP contribution >= 0.6 is 0 Å². The van der Waals surface area contributed by atoms with E-state index in [2.05, 4.69) is 307 Å². The van der Waals surface area contributed by atoms with Gasteiger partial charge in [-0.05, 0) is 140 Å². The van der Waals surface area contributed by atoms with Crippen LogP contribution in [0.1, 0.15) is 0 Å². The third kappa shape index (κ3) is 6.18. The summed E-state index contributed by atoms with van der Waals surface area (Å²) in [7, 11) is -5.63. The van der Waals surface area contributed by atoms with Crippen molar-refractivity contribution >= 4 is 115 Å². The van der Waals surface area contributed by atoms with E-state index in [9.17, 15) is 0 Å². The summed E-state index contributed by atoms with van der Waals surface area (Å²) >= 11 is 0. The molecule has 0 aliphatic carbocycles. The Labute approximate surface area is 452 Å². The Morgan fingerprint density at radius 3 is 1.00 bits per heavy atom. The minimum absolute atomic E-state index is 0.00806. The van der Waals surface area contributed by atoms with Crippen molar-refractivity contribution in [2.75, 3.05) is 9.80 Å². The lowest BCUT2D eigenvalue weighted by Gasteiger charge is -2.44. The van der Waals surface area contributed by atoms with E-state index < -0.39 is 16.1 Å². The smallest absolute Gasteiger partial charge is 0.252 e. The van der Waals surface area contributed by atoms with E-state index in [4.69, 9.17) is 0 Å². The normalized spacial score (nSPS) is 14.4. The van der Waals surface area contributed by atoms with Crippen molar-refractivity contribution in [3.05, 3.63) is 297 Å². The minimum atomic E-state index is -2.82. The molecular weight excluding hydrogens is 960 g/mol. The minimum Gasteiger partial charge on any atom is -0.311 e. The molecule has 77 heavy (non-hydrogen) atoms. The molecule has 12 aromatic rings. The largest absolute Gasteiger partial charge is 0.311 e. The second-order valence-corrected chi connectivity index (χ2v) is 28.5. The van der Waals surface area contributed by atoms with Crippen molar-refractivity contribution in [3.63, 3.8) is 0 Å². The summed E-state index contributed by atoms with van der Waals surface area (Å²) in [5, 5.41) is 11.3. The molecule has 0 saturated heterocycles. The number of anilines is 6. The molecule has 358 valence electrons. The quantitative estimate of drug-likeness (QED) is 0.147. The Bertz CT molecular complexity index is 3970. The van der Waals surface area contributed by atoms with Crippen LogP contribution in [0.5, 0.6) is 0 Å². The first-order valence-corrected chi connectivity index (χ1v) is 31.0. The van der Waals surface area contributed by atoms with E-state index in [-0.39, 0.29) is 6.71 Å². The molecule has 4 heterocycles. The molecule has 0 atom stereocenters. The highest BCUT2D eigenvalue weighted by atomic mass is 28.3. The van der Waals surface area contributed by atoms with Crippen LogP contribution in [0.25, 0.3) is 33.4 Å². The first kappa shape index (κ1) is 44.1. The molecule has 0 N–H and O–H groups in total. The highest BCUT2D eigenvalue weighted by molar-refractivity contribution is 7.23. The summed E-state index contributed by atoms with van der Waals surface area (Å²) in [6.45, 7) is -0.00806. The van der Waals surface area contributed by atoms with Gasteiger partial charge in [-0.15, -0.1) is 0 Å². The Morgan fingerprint density at radius 1 is 0.247 bits per heavy atom. The lowest BCUT2D eigenvalue weighted by Crippen LogP contribution is -2.72. The second-order valence-electron chi connectivity index (χ2n) is 21.0. The zero-order valence-corrected chi connectivity index (χ0v) is 44.3. The van der Waals surface area contributed by atoms with Gasteiger partial charge < -0.3 is 9.80 Å². The molecule has 0 fully saturated rings. The molecule has 5 heteroatoms. The van der Waals surface area contributed by atoms with Gasteiger partial charge in [-0.3, -0.25) is 0 Å². The fraction of sp³-hybridized carbons (Fsp3) is 0. The number of hydrogen-bond acceptors (Lipinski definition) is 2. The molecule has 0 unspecified atom stereocenters. The van der Waals surface area contributed by atoms with Crippen molar-refractivity contribution < 1.29 is 0 Å². The monoisotopic (exact) mass is 1010 g/mol. The van der Waals surface area contributed by atoms with Crippen molar-refractivity contribution in [2.45, 2.75) is 0 Å². The summed E-state index contributed by atoms with van der Waals surface area (Å²) in [6.07, 6.45) is 0. The van der Waals surface area contributed by atoms with E-state index in [1.165, 1.54) is 125 Å². The van der Waals surface area contributed by atoms with Gasteiger partial charge in [0, 0.05) is 34.1 Å². The van der Waals surface area contributed by atoms with Crippen molar-refractivity contribution in [1.82, 2.24) is 0 Å².